The van der Waals surface area contributed by atoms with Crippen LogP contribution in [-0.2, 0) is 32.7 Å². The fraction of sp³-hybridized carbons (Fsp3) is 0.941. The number of esters is 2. The maximum Gasteiger partial charge on any atom is 0.472 e. The van der Waals surface area contributed by atoms with Gasteiger partial charge in [-0.2, -0.15) is 0 Å². The predicted molar refractivity (Wildman–Crippen MR) is 178 cm³/mol. The Labute approximate surface area is 270 Å². The van der Waals surface area contributed by atoms with Crippen molar-refractivity contribution in [3.63, 3.8) is 0 Å². The molecular weight excluding hydrogens is 581 g/mol. The molecule has 0 bridgehead atoms. The topological polar surface area (TPSA) is 108 Å². The van der Waals surface area contributed by atoms with E-state index >= 15 is 0 Å². The van der Waals surface area contributed by atoms with Crippen molar-refractivity contribution in [3.8, 4) is 0 Å². The molecule has 9 nitrogen and oxygen atoms in total. The molecule has 0 rings (SSSR count). The Morgan fingerprint density at radius 1 is 0.614 bits per heavy atom. The van der Waals surface area contributed by atoms with E-state index in [1.807, 2.05) is 21.1 Å². The van der Waals surface area contributed by atoms with Crippen LogP contribution in [0.4, 0.5) is 0 Å². The van der Waals surface area contributed by atoms with Crippen LogP contribution in [0.3, 0.4) is 0 Å². The molecule has 0 aliphatic heterocycles. The van der Waals surface area contributed by atoms with Crippen LogP contribution in [0.5, 0.6) is 0 Å². The minimum Gasteiger partial charge on any atom is -0.462 e. The molecule has 0 saturated heterocycles. The Kier molecular flexibility index (Phi) is 27.6. The molecule has 0 aliphatic carbocycles. The van der Waals surface area contributed by atoms with E-state index < -0.39 is 26.5 Å². The maximum atomic E-state index is 12.5. The summed E-state index contributed by atoms with van der Waals surface area (Å²) in [5.41, 5.74) is 0. The monoisotopic (exact) mass is 650 g/mol. The number of unbranched alkanes of at least 4 members (excludes halogenated alkanes) is 18. The third-order valence-corrected chi connectivity index (χ3v) is 8.62. The second-order valence-corrected chi connectivity index (χ2v) is 14.7. The normalized spacial score (nSPS) is 13.9. The zero-order chi connectivity index (χ0) is 32.9. The fourth-order valence-electron chi connectivity index (χ4n) is 4.78. The van der Waals surface area contributed by atoms with Crippen LogP contribution in [0.2, 0.25) is 0 Å². The first kappa shape index (κ1) is 43.0. The molecule has 0 aliphatic rings. The molecule has 2 unspecified atom stereocenters. The molecule has 2 atom stereocenters. The summed E-state index contributed by atoms with van der Waals surface area (Å²) in [6, 6.07) is 0. The lowest BCUT2D eigenvalue weighted by Crippen LogP contribution is -2.37. The third kappa shape index (κ3) is 31.0. The minimum absolute atomic E-state index is 0.0357. The number of nitrogens with zero attached hydrogens (tertiary/aromatic N) is 1. The second kappa shape index (κ2) is 28.3. The molecule has 0 radical (unpaired) electrons. The van der Waals surface area contributed by atoms with Crippen molar-refractivity contribution in [2.24, 2.45) is 0 Å². The van der Waals surface area contributed by atoms with Gasteiger partial charge in [-0.3, -0.25) is 18.6 Å². The van der Waals surface area contributed by atoms with E-state index in [1.165, 1.54) is 77.0 Å². The lowest BCUT2D eigenvalue weighted by molar-refractivity contribution is -0.870. The smallest absolute Gasteiger partial charge is 0.462 e. The zero-order valence-corrected chi connectivity index (χ0v) is 30.1. The first-order valence-corrected chi connectivity index (χ1v) is 19.3. The van der Waals surface area contributed by atoms with Crippen molar-refractivity contribution in [2.45, 2.75) is 161 Å². The predicted octanol–water partition coefficient (Wildman–Crippen LogP) is 8.90. The number of quaternary nitrogens is 1. The van der Waals surface area contributed by atoms with Crippen LogP contribution in [0.1, 0.15) is 155 Å². The van der Waals surface area contributed by atoms with E-state index in [9.17, 15) is 19.0 Å². The van der Waals surface area contributed by atoms with Crippen molar-refractivity contribution < 1.29 is 42.1 Å². The van der Waals surface area contributed by atoms with E-state index in [2.05, 4.69) is 13.8 Å². The summed E-state index contributed by atoms with van der Waals surface area (Å²) in [5.74, 6) is -0.807. The van der Waals surface area contributed by atoms with E-state index in [0.29, 0.717) is 17.4 Å². The Bertz CT molecular complexity index is 743. The molecule has 0 aromatic rings. The van der Waals surface area contributed by atoms with Crippen LogP contribution in [-0.4, -0.2) is 74.9 Å². The molecule has 0 aromatic carbocycles. The van der Waals surface area contributed by atoms with Gasteiger partial charge in [-0.25, -0.2) is 4.57 Å². The number of likely N-dealkylation sites (N-methyl/N-ethyl adjacent to an activating group) is 1. The quantitative estimate of drug-likeness (QED) is 0.0333. The number of phosphoric ester groups is 1. The third-order valence-electron chi connectivity index (χ3n) is 7.64. The minimum atomic E-state index is -4.35. The molecule has 0 amide bonds. The van der Waals surface area contributed by atoms with Gasteiger partial charge in [-0.15, -0.1) is 0 Å². The van der Waals surface area contributed by atoms with Crippen molar-refractivity contribution in [2.75, 3.05) is 47.5 Å². The molecular formula is C34H69NO8P+. The van der Waals surface area contributed by atoms with Crippen LogP contribution in [0.15, 0.2) is 0 Å². The number of hydrogen-bond donors (Lipinski definition) is 1. The van der Waals surface area contributed by atoms with Gasteiger partial charge in [0.1, 0.15) is 19.8 Å². The fourth-order valence-corrected chi connectivity index (χ4v) is 5.52. The summed E-state index contributed by atoms with van der Waals surface area (Å²) in [4.78, 5) is 34.8. The summed E-state index contributed by atoms with van der Waals surface area (Å²) in [5, 5.41) is 0. The van der Waals surface area contributed by atoms with Gasteiger partial charge in [0.15, 0.2) is 6.10 Å². The number of carbonyl (C=O) groups is 2. The molecule has 0 aromatic heterocycles. The SMILES string of the molecule is CCCCCCCCCCCCCCCCCC(=O)OC(COC(=O)CCCCCCC)COP(=O)(O)OCC[N+](C)(C)C. The van der Waals surface area contributed by atoms with Crippen LogP contribution in [0.25, 0.3) is 0 Å². The molecule has 262 valence electrons. The largest absolute Gasteiger partial charge is 0.472 e. The molecule has 0 fully saturated rings. The van der Waals surface area contributed by atoms with Gasteiger partial charge in [0.05, 0.1) is 27.7 Å². The number of carbonyl (C=O) groups excluding carboxylic acids is 2. The standard InChI is InChI=1S/C34H68NO8P/c1-6-8-10-12-13-14-15-16-17-18-19-20-21-23-25-27-34(37)43-32(30-40-33(36)26-24-22-11-9-7-2)31-42-44(38,39)41-29-28-35(3,4)5/h32H,6-31H2,1-5H3/p+1. The number of rotatable bonds is 32. The first-order valence-electron chi connectivity index (χ1n) is 17.8. The van der Waals surface area contributed by atoms with E-state index in [-0.39, 0.29) is 32.0 Å². The molecule has 0 saturated carbocycles. The molecule has 1 N–H and O–H groups in total. The molecule has 0 spiro atoms. The molecule has 0 heterocycles. The highest BCUT2D eigenvalue weighted by atomic mass is 31.2. The Morgan fingerprint density at radius 3 is 1.45 bits per heavy atom. The number of phosphoric acid groups is 1. The highest BCUT2D eigenvalue weighted by molar-refractivity contribution is 7.47. The van der Waals surface area contributed by atoms with Gasteiger partial charge < -0.3 is 18.9 Å². The van der Waals surface area contributed by atoms with Crippen LogP contribution >= 0.6 is 7.82 Å². The number of ether oxygens (including phenoxy) is 2. The van der Waals surface area contributed by atoms with Gasteiger partial charge in [0.2, 0.25) is 0 Å². The second-order valence-electron chi connectivity index (χ2n) is 13.3. The van der Waals surface area contributed by atoms with E-state index in [0.717, 1.165) is 44.9 Å². The Morgan fingerprint density at radius 2 is 1.02 bits per heavy atom. The molecule has 44 heavy (non-hydrogen) atoms. The average molecular weight is 651 g/mol. The van der Waals surface area contributed by atoms with Crippen molar-refractivity contribution in [1.82, 2.24) is 0 Å². The number of hydrogen-bond acceptors (Lipinski definition) is 7. The van der Waals surface area contributed by atoms with Gasteiger partial charge in [0, 0.05) is 12.8 Å². The summed E-state index contributed by atoms with van der Waals surface area (Å²) in [6.45, 7) is 4.32. The maximum absolute atomic E-state index is 12.5. The summed E-state index contributed by atoms with van der Waals surface area (Å²) < 4.78 is 33.9. The highest BCUT2D eigenvalue weighted by Crippen LogP contribution is 2.43. The summed E-state index contributed by atoms with van der Waals surface area (Å²) in [7, 11) is 1.48. The Hall–Kier alpha value is -0.990. The lowest BCUT2D eigenvalue weighted by Gasteiger charge is -2.24. The molecule has 10 heteroatoms. The lowest BCUT2D eigenvalue weighted by atomic mass is 10.0. The van der Waals surface area contributed by atoms with Crippen LogP contribution < -0.4 is 0 Å². The van der Waals surface area contributed by atoms with Gasteiger partial charge in [0.25, 0.3) is 0 Å². The van der Waals surface area contributed by atoms with Crippen molar-refractivity contribution in [3.05, 3.63) is 0 Å². The summed E-state index contributed by atoms with van der Waals surface area (Å²) >= 11 is 0. The zero-order valence-electron chi connectivity index (χ0n) is 29.2. The van der Waals surface area contributed by atoms with E-state index in [1.54, 1.807) is 0 Å². The van der Waals surface area contributed by atoms with Gasteiger partial charge >= 0.3 is 19.8 Å². The average Bonchev–Trinajstić information content (AvgIpc) is 2.95. The van der Waals surface area contributed by atoms with Gasteiger partial charge in [-0.1, -0.05) is 129 Å². The van der Waals surface area contributed by atoms with E-state index in [4.69, 9.17) is 18.5 Å². The summed E-state index contributed by atoms with van der Waals surface area (Å²) in [6.07, 6.45) is 23.3. The van der Waals surface area contributed by atoms with Crippen molar-refractivity contribution in [1.29, 1.82) is 0 Å². The highest BCUT2D eigenvalue weighted by Gasteiger charge is 2.27. The first-order chi connectivity index (χ1) is 21.0. The van der Waals surface area contributed by atoms with Gasteiger partial charge in [-0.05, 0) is 12.8 Å². The van der Waals surface area contributed by atoms with Crippen LogP contribution in [0, 0.1) is 0 Å². The Balaban J connectivity index is 4.32. The van der Waals surface area contributed by atoms with Crippen molar-refractivity contribution >= 4 is 19.8 Å².